The van der Waals surface area contributed by atoms with E-state index in [0.717, 1.165) is 22.9 Å². The van der Waals surface area contributed by atoms with E-state index in [1.54, 1.807) is 6.20 Å². The van der Waals surface area contributed by atoms with Crippen molar-refractivity contribution in [3.05, 3.63) is 83.5 Å². The normalized spacial score (nSPS) is 21.2. The van der Waals surface area contributed by atoms with Crippen LogP contribution in [0.2, 0.25) is 0 Å². The Labute approximate surface area is 154 Å². The van der Waals surface area contributed by atoms with Gasteiger partial charge in [0, 0.05) is 30.0 Å². The van der Waals surface area contributed by atoms with Gasteiger partial charge in [-0.15, -0.1) is 0 Å². The highest BCUT2D eigenvalue weighted by molar-refractivity contribution is 6.20. The minimum absolute atomic E-state index is 0.0535. The average Bonchev–Trinajstić information content (AvgIpc) is 3.10. The number of benzene rings is 1. The SMILES string of the molecule is CC1=NC(=CC=C2N(C)c3ccccc3C2(C)C)C(c2ccccn2)=N1. The second-order valence-corrected chi connectivity index (χ2v) is 7.14. The molecule has 0 aliphatic carbocycles. The van der Waals surface area contributed by atoms with Gasteiger partial charge in [-0.05, 0) is 42.8 Å². The molecule has 26 heavy (non-hydrogen) atoms. The Morgan fingerprint density at radius 1 is 0.962 bits per heavy atom. The molecule has 130 valence electrons. The lowest BCUT2D eigenvalue weighted by atomic mass is 9.84. The zero-order valence-corrected chi connectivity index (χ0v) is 15.6. The van der Waals surface area contributed by atoms with Crippen molar-refractivity contribution in [1.29, 1.82) is 0 Å². The van der Waals surface area contributed by atoms with E-state index in [0.29, 0.717) is 0 Å². The van der Waals surface area contributed by atoms with Crippen molar-refractivity contribution in [2.45, 2.75) is 26.2 Å². The summed E-state index contributed by atoms with van der Waals surface area (Å²) in [4.78, 5) is 15.9. The zero-order chi connectivity index (χ0) is 18.3. The molecule has 0 radical (unpaired) electrons. The highest BCUT2D eigenvalue weighted by atomic mass is 15.2. The molecule has 0 amide bonds. The first-order chi connectivity index (χ1) is 12.5. The third kappa shape index (κ3) is 2.58. The number of aliphatic imine (C=N–C) groups is 2. The minimum Gasteiger partial charge on any atom is -0.347 e. The van der Waals surface area contributed by atoms with Crippen LogP contribution in [0, 0.1) is 0 Å². The van der Waals surface area contributed by atoms with Crippen LogP contribution in [-0.2, 0) is 5.41 Å². The van der Waals surface area contributed by atoms with Crippen LogP contribution in [0.4, 0.5) is 5.69 Å². The van der Waals surface area contributed by atoms with Crippen molar-refractivity contribution in [3.63, 3.8) is 0 Å². The van der Waals surface area contributed by atoms with Gasteiger partial charge >= 0.3 is 0 Å². The molecule has 2 aliphatic rings. The Hall–Kier alpha value is -3.01. The average molecular weight is 342 g/mol. The number of pyridine rings is 1. The molecule has 0 atom stereocenters. The minimum atomic E-state index is -0.0535. The fourth-order valence-corrected chi connectivity index (χ4v) is 3.74. The molecule has 0 fully saturated rings. The standard InChI is InChI=1S/C22H22N4/c1-15-24-18(21(25-15)17-10-7-8-14-23-17)12-13-20-22(2,3)16-9-5-6-11-19(16)26(20)4/h5-14H,1-4H3. The highest BCUT2D eigenvalue weighted by Crippen LogP contribution is 2.46. The van der Waals surface area contributed by atoms with E-state index in [9.17, 15) is 0 Å². The summed E-state index contributed by atoms with van der Waals surface area (Å²) in [6.07, 6.45) is 6.01. The molecule has 4 nitrogen and oxygen atoms in total. The Morgan fingerprint density at radius 2 is 1.73 bits per heavy atom. The highest BCUT2D eigenvalue weighted by Gasteiger charge is 2.37. The van der Waals surface area contributed by atoms with Gasteiger partial charge in [0.15, 0.2) is 0 Å². The van der Waals surface area contributed by atoms with Gasteiger partial charge in [0.25, 0.3) is 0 Å². The number of likely N-dealkylation sites (N-methyl/N-ethyl adjacent to an activating group) is 1. The number of para-hydroxylation sites is 1. The molecule has 4 rings (SSSR count). The monoisotopic (exact) mass is 342 g/mol. The molecule has 1 aromatic carbocycles. The summed E-state index contributed by atoms with van der Waals surface area (Å²) in [5.74, 6) is 0.762. The molecule has 0 spiro atoms. The number of allylic oxidation sites excluding steroid dienone is 4. The molecule has 0 saturated heterocycles. The third-order valence-corrected chi connectivity index (χ3v) is 5.05. The Balaban J connectivity index is 1.74. The summed E-state index contributed by atoms with van der Waals surface area (Å²) in [5, 5.41) is 0. The fraction of sp³-hybridized carbons (Fsp3) is 0.227. The van der Waals surface area contributed by atoms with Gasteiger partial charge in [0.1, 0.15) is 11.5 Å². The summed E-state index contributed by atoms with van der Waals surface area (Å²) in [5.41, 5.74) is 6.32. The second-order valence-electron chi connectivity index (χ2n) is 7.14. The first kappa shape index (κ1) is 16.5. The topological polar surface area (TPSA) is 40.9 Å². The van der Waals surface area contributed by atoms with Crippen LogP contribution in [0.1, 0.15) is 32.0 Å². The summed E-state index contributed by atoms with van der Waals surface area (Å²) < 4.78 is 0. The van der Waals surface area contributed by atoms with Gasteiger partial charge in [-0.3, -0.25) is 4.98 Å². The first-order valence-electron chi connectivity index (χ1n) is 8.80. The summed E-state index contributed by atoms with van der Waals surface area (Å²) in [6, 6.07) is 14.4. The van der Waals surface area contributed by atoms with Gasteiger partial charge in [-0.2, -0.15) is 0 Å². The van der Waals surface area contributed by atoms with Crippen LogP contribution < -0.4 is 4.90 Å². The molecule has 2 aromatic rings. The maximum atomic E-state index is 4.60. The largest absolute Gasteiger partial charge is 0.347 e. The summed E-state index contributed by atoms with van der Waals surface area (Å²) in [7, 11) is 2.12. The van der Waals surface area contributed by atoms with Crippen LogP contribution >= 0.6 is 0 Å². The molecule has 1 aromatic heterocycles. The molecular formula is C22H22N4. The molecule has 0 N–H and O–H groups in total. The maximum absolute atomic E-state index is 4.60. The maximum Gasteiger partial charge on any atom is 0.126 e. The van der Waals surface area contributed by atoms with E-state index in [-0.39, 0.29) is 5.41 Å². The van der Waals surface area contributed by atoms with Gasteiger partial charge in [-0.1, -0.05) is 38.1 Å². The Morgan fingerprint density at radius 3 is 2.46 bits per heavy atom. The van der Waals surface area contributed by atoms with Crippen LogP contribution in [0.3, 0.4) is 0 Å². The predicted octanol–water partition coefficient (Wildman–Crippen LogP) is 4.50. The molecule has 0 saturated carbocycles. The number of fused-ring (bicyclic) bond motifs is 1. The molecule has 0 bridgehead atoms. The van der Waals surface area contributed by atoms with Crippen LogP contribution in [0.15, 0.2) is 82.2 Å². The van der Waals surface area contributed by atoms with Crippen LogP contribution in [-0.4, -0.2) is 23.6 Å². The van der Waals surface area contributed by atoms with Gasteiger partial charge in [-0.25, -0.2) is 9.98 Å². The molecule has 3 heterocycles. The Bertz CT molecular complexity index is 978. The number of anilines is 1. The number of amidine groups is 1. The quantitative estimate of drug-likeness (QED) is 0.806. The van der Waals surface area contributed by atoms with Crippen molar-refractivity contribution in [1.82, 2.24) is 4.98 Å². The first-order valence-corrected chi connectivity index (χ1v) is 8.80. The van der Waals surface area contributed by atoms with E-state index < -0.39 is 0 Å². The lowest BCUT2D eigenvalue weighted by Crippen LogP contribution is -2.22. The lowest BCUT2D eigenvalue weighted by molar-refractivity contribution is 0.640. The van der Waals surface area contributed by atoms with E-state index in [1.165, 1.54) is 16.9 Å². The third-order valence-electron chi connectivity index (χ3n) is 5.05. The number of hydrogen-bond acceptors (Lipinski definition) is 4. The van der Waals surface area contributed by atoms with Crippen LogP contribution in [0.5, 0.6) is 0 Å². The van der Waals surface area contributed by atoms with Gasteiger partial charge < -0.3 is 4.90 Å². The fourth-order valence-electron chi connectivity index (χ4n) is 3.74. The van der Waals surface area contributed by atoms with Crippen molar-refractivity contribution in [2.24, 2.45) is 9.98 Å². The predicted molar refractivity (Wildman–Crippen MR) is 108 cm³/mol. The molecular weight excluding hydrogens is 320 g/mol. The van der Waals surface area contributed by atoms with Gasteiger partial charge in [0.2, 0.25) is 0 Å². The lowest BCUT2D eigenvalue weighted by Gasteiger charge is -2.23. The number of hydrogen-bond donors (Lipinski definition) is 0. The molecule has 2 aliphatic heterocycles. The molecule has 0 unspecified atom stereocenters. The van der Waals surface area contributed by atoms with Crippen molar-refractivity contribution in [3.8, 4) is 0 Å². The van der Waals surface area contributed by atoms with E-state index in [2.05, 4.69) is 77.2 Å². The number of aromatic nitrogens is 1. The smallest absolute Gasteiger partial charge is 0.126 e. The van der Waals surface area contributed by atoms with E-state index >= 15 is 0 Å². The van der Waals surface area contributed by atoms with E-state index in [4.69, 9.17) is 0 Å². The van der Waals surface area contributed by atoms with Crippen molar-refractivity contribution >= 4 is 17.2 Å². The van der Waals surface area contributed by atoms with Crippen molar-refractivity contribution < 1.29 is 0 Å². The van der Waals surface area contributed by atoms with Crippen LogP contribution in [0.25, 0.3) is 0 Å². The van der Waals surface area contributed by atoms with E-state index in [1.807, 2.05) is 25.1 Å². The molecule has 4 heteroatoms. The van der Waals surface area contributed by atoms with Gasteiger partial charge in [0.05, 0.1) is 11.4 Å². The Kier molecular flexibility index (Phi) is 3.83. The number of nitrogens with zero attached hydrogens (tertiary/aromatic N) is 4. The summed E-state index contributed by atoms with van der Waals surface area (Å²) in [6.45, 7) is 6.44. The van der Waals surface area contributed by atoms with Crippen molar-refractivity contribution in [2.75, 3.05) is 11.9 Å². The summed E-state index contributed by atoms with van der Waals surface area (Å²) >= 11 is 0. The second kappa shape index (κ2) is 6.06. The number of rotatable bonds is 2. The zero-order valence-electron chi connectivity index (χ0n) is 15.6.